The number of carbonyl (C=O) groups excluding carboxylic acids is 1. The van der Waals surface area contributed by atoms with Crippen LogP contribution in [0.5, 0.6) is 0 Å². The molecular weight excluding hydrogens is 264 g/mol. The number of thioether (sulfide) groups is 1. The van der Waals surface area contributed by atoms with Gasteiger partial charge in [0.1, 0.15) is 4.99 Å². The molecule has 18 heavy (non-hydrogen) atoms. The number of amides is 1. The van der Waals surface area contributed by atoms with Gasteiger partial charge in [-0.25, -0.2) is 0 Å². The average molecular weight is 280 g/mol. The van der Waals surface area contributed by atoms with E-state index in [9.17, 15) is 4.79 Å². The van der Waals surface area contributed by atoms with Crippen molar-refractivity contribution >= 4 is 34.9 Å². The second kappa shape index (κ2) is 6.20. The van der Waals surface area contributed by atoms with Crippen LogP contribution in [0, 0.1) is 0 Å². The molecule has 0 radical (unpaired) electrons. The molecule has 96 valence electrons. The Bertz CT molecular complexity index is 456. The zero-order valence-corrected chi connectivity index (χ0v) is 11.7. The van der Waals surface area contributed by atoms with Crippen molar-refractivity contribution in [1.29, 1.82) is 0 Å². The van der Waals surface area contributed by atoms with Crippen LogP contribution in [0.3, 0.4) is 0 Å². The Hall–Kier alpha value is -1.07. The summed E-state index contributed by atoms with van der Waals surface area (Å²) >= 11 is 6.67. The number of nitrogens with one attached hydrogen (secondary N) is 1. The van der Waals surface area contributed by atoms with E-state index >= 15 is 0 Å². The summed E-state index contributed by atoms with van der Waals surface area (Å²) in [6.07, 6.45) is 2.13. The smallest absolute Gasteiger partial charge is 0.233 e. The van der Waals surface area contributed by atoms with E-state index in [2.05, 4.69) is 5.32 Å². The molecule has 3 nitrogen and oxygen atoms in total. The summed E-state index contributed by atoms with van der Waals surface area (Å²) in [7, 11) is 0. The third-order valence-corrected chi connectivity index (χ3v) is 4.51. The quantitative estimate of drug-likeness (QED) is 0.826. The number of nitrogens with two attached hydrogens (primary N) is 1. The highest BCUT2D eigenvalue weighted by Crippen LogP contribution is 2.26. The van der Waals surface area contributed by atoms with Gasteiger partial charge in [0.05, 0.1) is 5.25 Å². The third-order valence-electron chi connectivity index (χ3n) is 2.90. The molecule has 1 aromatic rings. The molecule has 1 aromatic carbocycles. The molecule has 0 aliphatic carbocycles. The fraction of sp³-hybridized carbons (Fsp3) is 0.385. The van der Waals surface area contributed by atoms with E-state index in [1.807, 2.05) is 24.3 Å². The van der Waals surface area contributed by atoms with E-state index in [4.69, 9.17) is 18.0 Å². The first-order chi connectivity index (χ1) is 8.66. The molecule has 1 heterocycles. The molecular formula is C13H16N2OS2. The first-order valence-electron chi connectivity index (χ1n) is 5.95. The first-order valence-corrected chi connectivity index (χ1v) is 7.40. The van der Waals surface area contributed by atoms with E-state index in [0.717, 1.165) is 29.7 Å². The summed E-state index contributed by atoms with van der Waals surface area (Å²) in [6, 6.07) is 7.66. The summed E-state index contributed by atoms with van der Waals surface area (Å²) in [4.78, 5) is 12.2. The van der Waals surface area contributed by atoms with Gasteiger partial charge in [0.15, 0.2) is 0 Å². The topological polar surface area (TPSA) is 55.1 Å². The van der Waals surface area contributed by atoms with Crippen LogP contribution in [-0.2, 0) is 11.3 Å². The number of rotatable bonds is 4. The fourth-order valence-corrected chi connectivity index (χ4v) is 3.23. The molecule has 1 aliphatic heterocycles. The second-order valence-corrected chi connectivity index (χ2v) is 6.03. The highest BCUT2D eigenvalue weighted by molar-refractivity contribution is 8.00. The van der Waals surface area contributed by atoms with Crippen molar-refractivity contribution in [1.82, 2.24) is 5.32 Å². The summed E-state index contributed by atoms with van der Waals surface area (Å²) in [6.45, 7) is 0.534. The van der Waals surface area contributed by atoms with Crippen LogP contribution < -0.4 is 11.1 Å². The molecule has 0 bridgehead atoms. The molecule has 2 rings (SSSR count). The molecule has 0 saturated carbocycles. The molecule has 1 fully saturated rings. The number of benzene rings is 1. The highest BCUT2D eigenvalue weighted by atomic mass is 32.2. The normalized spacial score (nSPS) is 18.6. The predicted molar refractivity (Wildman–Crippen MR) is 79.7 cm³/mol. The minimum atomic E-state index is 0.128. The SMILES string of the molecule is NC(=S)c1cccc(CNC(=O)C2CCCS2)c1. The van der Waals surface area contributed by atoms with Gasteiger partial charge in [-0.15, -0.1) is 11.8 Å². The monoisotopic (exact) mass is 280 g/mol. The maximum absolute atomic E-state index is 11.9. The van der Waals surface area contributed by atoms with Gasteiger partial charge in [0, 0.05) is 12.1 Å². The lowest BCUT2D eigenvalue weighted by atomic mass is 10.1. The largest absolute Gasteiger partial charge is 0.389 e. The van der Waals surface area contributed by atoms with Crippen LogP contribution in [0.1, 0.15) is 24.0 Å². The fourth-order valence-electron chi connectivity index (χ4n) is 1.92. The molecule has 1 aliphatic rings. The maximum atomic E-state index is 11.9. The molecule has 0 spiro atoms. The summed E-state index contributed by atoms with van der Waals surface area (Å²) < 4.78 is 0. The Balaban J connectivity index is 1.91. The van der Waals surface area contributed by atoms with Crippen LogP contribution in [0.25, 0.3) is 0 Å². The Morgan fingerprint density at radius 3 is 3.06 bits per heavy atom. The van der Waals surface area contributed by atoms with Gasteiger partial charge >= 0.3 is 0 Å². The highest BCUT2D eigenvalue weighted by Gasteiger charge is 2.22. The van der Waals surface area contributed by atoms with E-state index in [0.29, 0.717) is 11.5 Å². The molecule has 3 N–H and O–H groups in total. The van der Waals surface area contributed by atoms with Crippen LogP contribution in [-0.4, -0.2) is 21.9 Å². The van der Waals surface area contributed by atoms with Gasteiger partial charge in [-0.1, -0.05) is 30.4 Å². The van der Waals surface area contributed by atoms with Crippen LogP contribution in [0.15, 0.2) is 24.3 Å². The van der Waals surface area contributed by atoms with Crippen molar-refractivity contribution in [2.24, 2.45) is 5.73 Å². The van der Waals surface area contributed by atoms with E-state index in [1.54, 1.807) is 11.8 Å². The van der Waals surface area contributed by atoms with Gasteiger partial charge in [0.2, 0.25) is 5.91 Å². The summed E-state index contributed by atoms with van der Waals surface area (Å²) in [5.74, 6) is 1.23. The Kier molecular flexibility index (Phi) is 4.60. The lowest BCUT2D eigenvalue weighted by Crippen LogP contribution is -2.30. The van der Waals surface area contributed by atoms with Crippen molar-refractivity contribution in [3.05, 3.63) is 35.4 Å². The molecule has 5 heteroatoms. The Morgan fingerprint density at radius 1 is 1.56 bits per heavy atom. The molecule has 1 atom stereocenters. The molecule has 1 unspecified atom stereocenters. The minimum Gasteiger partial charge on any atom is -0.389 e. The third kappa shape index (κ3) is 3.46. The van der Waals surface area contributed by atoms with Gasteiger partial charge in [-0.2, -0.15) is 0 Å². The van der Waals surface area contributed by atoms with E-state index in [-0.39, 0.29) is 11.2 Å². The van der Waals surface area contributed by atoms with Gasteiger partial charge in [-0.05, 0) is 30.2 Å². The van der Waals surface area contributed by atoms with Crippen molar-refractivity contribution in [2.45, 2.75) is 24.6 Å². The Labute approximate surface area is 117 Å². The number of hydrogen-bond donors (Lipinski definition) is 2. The van der Waals surface area contributed by atoms with Crippen molar-refractivity contribution in [3.8, 4) is 0 Å². The zero-order chi connectivity index (χ0) is 13.0. The van der Waals surface area contributed by atoms with E-state index < -0.39 is 0 Å². The van der Waals surface area contributed by atoms with Gasteiger partial charge in [-0.3, -0.25) is 4.79 Å². The summed E-state index contributed by atoms with van der Waals surface area (Å²) in [5, 5.41) is 3.09. The summed E-state index contributed by atoms with van der Waals surface area (Å²) in [5.41, 5.74) is 7.44. The van der Waals surface area contributed by atoms with E-state index in [1.165, 1.54) is 0 Å². The Morgan fingerprint density at radius 2 is 2.39 bits per heavy atom. The van der Waals surface area contributed by atoms with Crippen LogP contribution in [0.2, 0.25) is 0 Å². The van der Waals surface area contributed by atoms with Crippen molar-refractivity contribution < 1.29 is 4.79 Å². The van der Waals surface area contributed by atoms with Crippen LogP contribution in [0.4, 0.5) is 0 Å². The van der Waals surface area contributed by atoms with Gasteiger partial charge in [0.25, 0.3) is 0 Å². The number of thiocarbonyl (C=S) groups is 1. The number of carbonyl (C=O) groups is 1. The van der Waals surface area contributed by atoms with Gasteiger partial charge < -0.3 is 11.1 Å². The molecule has 1 amide bonds. The number of hydrogen-bond acceptors (Lipinski definition) is 3. The lowest BCUT2D eigenvalue weighted by Gasteiger charge is -2.10. The standard InChI is InChI=1S/C13H16N2OS2/c14-12(17)10-4-1-3-9(7-10)8-15-13(16)11-5-2-6-18-11/h1,3-4,7,11H,2,5-6,8H2,(H2,14,17)(H,15,16). The molecule has 0 aromatic heterocycles. The minimum absolute atomic E-state index is 0.128. The second-order valence-electron chi connectivity index (χ2n) is 4.28. The lowest BCUT2D eigenvalue weighted by molar-refractivity contribution is -0.120. The van der Waals surface area contributed by atoms with Crippen molar-refractivity contribution in [2.75, 3.05) is 5.75 Å². The van der Waals surface area contributed by atoms with Crippen LogP contribution >= 0.6 is 24.0 Å². The first kappa shape index (κ1) is 13.4. The van der Waals surface area contributed by atoms with Crippen molar-refractivity contribution in [3.63, 3.8) is 0 Å². The zero-order valence-electron chi connectivity index (χ0n) is 10.0. The predicted octanol–water partition coefficient (Wildman–Crippen LogP) is 1.83. The molecule has 1 saturated heterocycles. The maximum Gasteiger partial charge on any atom is 0.233 e. The average Bonchev–Trinajstić information content (AvgIpc) is 2.90.